The molecule has 2 aromatic carbocycles. The van der Waals surface area contributed by atoms with Crippen LogP contribution >= 0.6 is 0 Å². The number of unbranched alkanes of at least 4 members (excludes halogenated alkanes) is 1. The Morgan fingerprint density at radius 1 is 1.10 bits per heavy atom. The lowest BCUT2D eigenvalue weighted by molar-refractivity contribution is 0.0947. The highest BCUT2D eigenvalue weighted by molar-refractivity contribution is 5.95. The minimum absolute atomic E-state index is 0.0590. The molecule has 10 heteroatoms. The maximum atomic E-state index is 12.4. The Morgan fingerprint density at radius 2 is 1.83 bits per heavy atom. The molecule has 1 amide bonds. The molecule has 2 aliphatic heterocycles. The van der Waals surface area contributed by atoms with Crippen molar-refractivity contribution in [3.05, 3.63) is 77.6 Å². The number of likely N-dealkylation sites (tertiary alicyclic amines) is 1. The largest absolute Gasteiger partial charge is 0.463 e. The molecule has 0 saturated carbocycles. The molecule has 0 bridgehead atoms. The number of carbonyl (C=O) groups excluding carboxylic acids is 1. The van der Waals surface area contributed by atoms with Crippen molar-refractivity contribution < 1.29 is 9.53 Å². The van der Waals surface area contributed by atoms with Crippen LogP contribution in [0.15, 0.2) is 60.9 Å². The zero-order valence-electron chi connectivity index (χ0n) is 24.4. The van der Waals surface area contributed by atoms with E-state index in [9.17, 15) is 4.79 Å². The number of anilines is 4. The molecule has 3 heterocycles. The lowest BCUT2D eigenvalue weighted by Crippen LogP contribution is -2.34. The average Bonchev–Trinajstić information content (AvgIpc) is 3.30. The van der Waals surface area contributed by atoms with Crippen molar-refractivity contribution in [1.82, 2.24) is 20.2 Å². The lowest BCUT2D eigenvalue weighted by atomic mass is 9.93. The topological polar surface area (TPSA) is 135 Å². The van der Waals surface area contributed by atoms with Crippen LogP contribution in [-0.4, -0.2) is 47.0 Å². The Kier molecular flexibility index (Phi) is 9.43. The quantitative estimate of drug-likeness (QED) is 0.180. The van der Waals surface area contributed by atoms with Gasteiger partial charge >= 0.3 is 6.01 Å². The van der Waals surface area contributed by atoms with Crippen molar-refractivity contribution in [3.63, 3.8) is 0 Å². The van der Waals surface area contributed by atoms with E-state index in [-0.39, 0.29) is 5.91 Å². The number of hydrogen-bond donors (Lipinski definition) is 4. The summed E-state index contributed by atoms with van der Waals surface area (Å²) in [6, 6.07) is 16.1. The number of benzene rings is 2. The first-order valence-corrected chi connectivity index (χ1v) is 14.9. The number of amides is 1. The second-order valence-corrected chi connectivity index (χ2v) is 11.2. The summed E-state index contributed by atoms with van der Waals surface area (Å²) in [5.74, 6) is 2.33. The molecule has 0 aliphatic carbocycles. The van der Waals surface area contributed by atoms with Crippen molar-refractivity contribution >= 4 is 28.9 Å². The van der Waals surface area contributed by atoms with Gasteiger partial charge in [-0.15, -0.1) is 0 Å². The van der Waals surface area contributed by atoms with Crippen LogP contribution in [0.1, 0.15) is 60.5 Å². The normalized spacial score (nSPS) is 15.4. The summed E-state index contributed by atoms with van der Waals surface area (Å²) >= 11 is 0. The molecule has 0 radical (unpaired) electrons. The third-order valence-electron chi connectivity index (χ3n) is 7.94. The van der Waals surface area contributed by atoms with E-state index < -0.39 is 0 Å². The number of carbonyl (C=O) groups is 1. The maximum absolute atomic E-state index is 12.4. The Morgan fingerprint density at radius 3 is 2.55 bits per heavy atom. The number of ether oxygens (including phenoxy) is 1. The Labute approximate surface area is 248 Å². The molecular weight excluding hydrogens is 528 g/mol. The van der Waals surface area contributed by atoms with Crippen LogP contribution in [-0.2, 0) is 13.1 Å². The van der Waals surface area contributed by atoms with Crippen molar-refractivity contribution in [1.29, 1.82) is 0 Å². The molecular formula is C32H42N8O2. The van der Waals surface area contributed by atoms with E-state index >= 15 is 0 Å². The van der Waals surface area contributed by atoms with Crippen molar-refractivity contribution in [2.24, 2.45) is 5.92 Å². The van der Waals surface area contributed by atoms with Gasteiger partial charge in [0.1, 0.15) is 11.5 Å². The fourth-order valence-corrected chi connectivity index (χ4v) is 5.44. The Balaban J connectivity index is 1.08. The molecule has 3 aromatic rings. The Hall–Kier alpha value is -4.31. The maximum Gasteiger partial charge on any atom is 0.320 e. The number of hydrogen-bond acceptors (Lipinski definition) is 9. The fraction of sp³-hybridized carbons (Fsp3) is 0.406. The van der Waals surface area contributed by atoms with Gasteiger partial charge in [-0.1, -0.05) is 50.3 Å². The monoisotopic (exact) mass is 570 g/mol. The second-order valence-electron chi connectivity index (χ2n) is 11.2. The van der Waals surface area contributed by atoms with Crippen LogP contribution in [0.25, 0.3) is 0 Å². The number of rotatable bonds is 12. The minimum Gasteiger partial charge on any atom is -0.463 e. The number of nitrogen functional groups attached to an aromatic ring is 2. The van der Waals surface area contributed by atoms with Crippen LogP contribution in [0.2, 0.25) is 0 Å². The molecule has 1 aromatic heterocycles. The van der Waals surface area contributed by atoms with Gasteiger partial charge in [-0.3, -0.25) is 9.69 Å². The number of aromatic nitrogens is 2. The third-order valence-corrected chi connectivity index (χ3v) is 7.94. The smallest absolute Gasteiger partial charge is 0.320 e. The SMILES string of the molecule is C=C1Nc2c(N)nc(OCCCC)nc2N1Cc1ccc(CN2CCC(CCNC(=O)c3cccc(N)c3)CC2)cc1. The van der Waals surface area contributed by atoms with Gasteiger partial charge in [-0.25, -0.2) is 0 Å². The van der Waals surface area contributed by atoms with Gasteiger partial charge in [-0.2, -0.15) is 9.97 Å². The van der Waals surface area contributed by atoms with E-state index in [1.807, 2.05) is 4.90 Å². The molecule has 1 saturated heterocycles. The van der Waals surface area contributed by atoms with Crippen molar-refractivity contribution in [2.75, 3.05) is 47.9 Å². The van der Waals surface area contributed by atoms with Crippen LogP contribution in [0.4, 0.5) is 23.0 Å². The summed E-state index contributed by atoms with van der Waals surface area (Å²) in [5.41, 5.74) is 16.3. The predicted octanol–water partition coefficient (Wildman–Crippen LogP) is 4.76. The number of nitrogens with zero attached hydrogens (tertiary/aromatic N) is 4. The molecule has 0 spiro atoms. The second kappa shape index (κ2) is 13.6. The summed E-state index contributed by atoms with van der Waals surface area (Å²) < 4.78 is 5.72. The van der Waals surface area contributed by atoms with Gasteiger partial charge in [0.15, 0.2) is 11.6 Å². The van der Waals surface area contributed by atoms with Crippen molar-refractivity contribution in [3.8, 4) is 6.01 Å². The van der Waals surface area contributed by atoms with E-state index in [1.54, 1.807) is 24.3 Å². The van der Waals surface area contributed by atoms with Gasteiger partial charge in [0, 0.05) is 24.3 Å². The van der Waals surface area contributed by atoms with Crippen LogP contribution < -0.4 is 31.7 Å². The third kappa shape index (κ3) is 7.30. The zero-order valence-corrected chi connectivity index (χ0v) is 24.4. The summed E-state index contributed by atoms with van der Waals surface area (Å²) in [6.07, 6.45) is 5.26. The lowest BCUT2D eigenvalue weighted by Gasteiger charge is -2.32. The van der Waals surface area contributed by atoms with Gasteiger partial charge < -0.3 is 31.7 Å². The number of nitrogens with two attached hydrogens (primary N) is 2. The van der Waals surface area contributed by atoms with Gasteiger partial charge in [0.05, 0.1) is 13.2 Å². The van der Waals surface area contributed by atoms with Gasteiger partial charge in [0.25, 0.3) is 5.91 Å². The fourth-order valence-electron chi connectivity index (χ4n) is 5.44. The summed E-state index contributed by atoms with van der Waals surface area (Å²) in [6.45, 7) is 11.2. The predicted molar refractivity (Wildman–Crippen MR) is 168 cm³/mol. The molecule has 5 rings (SSSR count). The molecule has 0 atom stereocenters. The van der Waals surface area contributed by atoms with Crippen molar-refractivity contribution in [2.45, 2.75) is 52.1 Å². The standard InChI is InChI=1S/C32H42N8O2/c1-3-4-18-42-32-37-29(34)28-30(38-32)40(22(2)36-28)21-25-10-8-24(9-11-25)20-39-16-13-23(14-17-39)12-15-35-31(41)26-6-5-7-27(33)19-26/h5-11,19,23,36H,2-4,12-18,20-21,33H2,1H3,(H,35,41)(H2,34,37,38). The van der Waals surface area contributed by atoms with E-state index in [1.165, 1.54) is 5.56 Å². The molecule has 1 fully saturated rings. The average molecular weight is 571 g/mol. The summed E-state index contributed by atoms with van der Waals surface area (Å²) in [4.78, 5) is 25.8. The molecule has 10 nitrogen and oxygen atoms in total. The van der Waals surface area contributed by atoms with Gasteiger partial charge in [0.2, 0.25) is 0 Å². The van der Waals surface area contributed by atoms with Gasteiger partial charge in [-0.05, 0) is 74.0 Å². The molecule has 222 valence electrons. The Bertz CT molecular complexity index is 1390. The first kappa shape index (κ1) is 29.2. The van der Waals surface area contributed by atoms with Crippen LogP contribution in [0.5, 0.6) is 6.01 Å². The first-order chi connectivity index (χ1) is 20.4. The van der Waals surface area contributed by atoms with E-state index in [0.29, 0.717) is 66.0 Å². The number of nitrogens with one attached hydrogen (secondary N) is 2. The highest BCUT2D eigenvalue weighted by atomic mass is 16.5. The highest BCUT2D eigenvalue weighted by Gasteiger charge is 2.28. The molecule has 6 N–H and O–H groups in total. The van der Waals surface area contributed by atoms with Crippen LogP contribution in [0, 0.1) is 5.92 Å². The number of fused-ring (bicyclic) bond motifs is 1. The zero-order chi connectivity index (χ0) is 29.5. The van der Waals surface area contributed by atoms with E-state index in [2.05, 4.69) is 63.3 Å². The summed E-state index contributed by atoms with van der Waals surface area (Å²) in [5, 5.41) is 6.26. The van der Waals surface area contributed by atoms with Crippen LogP contribution in [0.3, 0.4) is 0 Å². The summed E-state index contributed by atoms with van der Waals surface area (Å²) in [7, 11) is 0. The number of piperidine rings is 1. The molecule has 0 unspecified atom stereocenters. The molecule has 42 heavy (non-hydrogen) atoms. The highest BCUT2D eigenvalue weighted by Crippen LogP contribution is 2.39. The minimum atomic E-state index is -0.0590. The van der Waals surface area contributed by atoms with E-state index in [4.69, 9.17) is 16.2 Å². The first-order valence-electron chi connectivity index (χ1n) is 14.9. The molecule has 2 aliphatic rings. The van der Waals surface area contributed by atoms with E-state index in [0.717, 1.165) is 57.3 Å².